The standard InChI is InChI=1S/C11H20N4OS/c1-3-5-12-10-8-11(15-9-14-10)13-6-7-17(16)4-2/h8-9H,3-7H2,1-2H3,(H2,12,13,14,15). The van der Waals surface area contributed by atoms with Crippen molar-refractivity contribution >= 4 is 22.4 Å². The second-order valence-corrected chi connectivity index (χ2v) is 5.44. The summed E-state index contributed by atoms with van der Waals surface area (Å²) in [4.78, 5) is 8.22. The van der Waals surface area contributed by atoms with Crippen molar-refractivity contribution in [3.8, 4) is 0 Å². The van der Waals surface area contributed by atoms with Crippen LogP contribution in [0.15, 0.2) is 12.4 Å². The van der Waals surface area contributed by atoms with Gasteiger partial charge in [-0.1, -0.05) is 13.8 Å². The topological polar surface area (TPSA) is 66.9 Å². The smallest absolute Gasteiger partial charge is 0.131 e. The highest BCUT2D eigenvalue weighted by molar-refractivity contribution is 7.84. The van der Waals surface area contributed by atoms with Gasteiger partial charge in [0.05, 0.1) is 0 Å². The molecule has 1 heterocycles. The third kappa shape index (κ3) is 5.63. The number of anilines is 2. The second kappa shape index (κ2) is 8.00. The summed E-state index contributed by atoms with van der Waals surface area (Å²) in [6, 6.07) is 1.87. The Bertz CT molecular complexity index is 359. The molecule has 0 amide bonds. The summed E-state index contributed by atoms with van der Waals surface area (Å²) < 4.78 is 11.2. The molecule has 0 aliphatic carbocycles. The molecule has 0 aliphatic heterocycles. The van der Waals surface area contributed by atoms with Crippen LogP contribution in [0.3, 0.4) is 0 Å². The number of hydrogen-bond acceptors (Lipinski definition) is 5. The molecule has 96 valence electrons. The average Bonchev–Trinajstić information content (AvgIpc) is 2.36. The summed E-state index contributed by atoms with van der Waals surface area (Å²) in [6.07, 6.45) is 2.58. The first-order valence-corrected chi connectivity index (χ1v) is 7.39. The molecule has 2 N–H and O–H groups in total. The zero-order chi connectivity index (χ0) is 12.5. The lowest BCUT2D eigenvalue weighted by atomic mass is 10.4. The van der Waals surface area contributed by atoms with E-state index < -0.39 is 10.8 Å². The highest BCUT2D eigenvalue weighted by Gasteiger charge is 1.99. The molecule has 0 bridgehead atoms. The van der Waals surface area contributed by atoms with Gasteiger partial charge in [-0.2, -0.15) is 0 Å². The van der Waals surface area contributed by atoms with Crippen LogP contribution in [0.5, 0.6) is 0 Å². The van der Waals surface area contributed by atoms with Crippen LogP contribution in [-0.4, -0.2) is 38.8 Å². The van der Waals surface area contributed by atoms with Crippen LogP contribution in [0.2, 0.25) is 0 Å². The Kier molecular flexibility index (Phi) is 6.54. The van der Waals surface area contributed by atoms with Crippen molar-refractivity contribution < 1.29 is 4.21 Å². The maximum Gasteiger partial charge on any atom is 0.131 e. The van der Waals surface area contributed by atoms with Gasteiger partial charge in [0.25, 0.3) is 0 Å². The van der Waals surface area contributed by atoms with E-state index in [4.69, 9.17) is 0 Å². The Hall–Kier alpha value is -1.17. The first kappa shape index (κ1) is 13.9. The predicted molar refractivity (Wildman–Crippen MR) is 72.9 cm³/mol. The van der Waals surface area contributed by atoms with E-state index in [0.717, 1.165) is 24.6 Å². The number of nitrogens with one attached hydrogen (secondary N) is 2. The maximum absolute atomic E-state index is 11.2. The molecule has 0 spiro atoms. The number of nitrogens with zero attached hydrogens (tertiary/aromatic N) is 2. The lowest BCUT2D eigenvalue weighted by molar-refractivity contribution is 0.684. The molecular formula is C11H20N4OS. The molecular weight excluding hydrogens is 236 g/mol. The van der Waals surface area contributed by atoms with Crippen molar-refractivity contribution in [2.45, 2.75) is 20.3 Å². The van der Waals surface area contributed by atoms with E-state index in [2.05, 4.69) is 27.5 Å². The zero-order valence-electron chi connectivity index (χ0n) is 10.4. The minimum Gasteiger partial charge on any atom is -0.370 e. The third-order valence-electron chi connectivity index (χ3n) is 2.18. The molecule has 1 rings (SSSR count). The molecule has 1 atom stereocenters. The van der Waals surface area contributed by atoms with E-state index in [-0.39, 0.29) is 0 Å². The van der Waals surface area contributed by atoms with E-state index in [1.54, 1.807) is 0 Å². The molecule has 0 radical (unpaired) electrons. The van der Waals surface area contributed by atoms with Crippen LogP contribution in [-0.2, 0) is 10.8 Å². The fraction of sp³-hybridized carbons (Fsp3) is 0.636. The molecule has 5 nitrogen and oxygen atoms in total. The Morgan fingerprint density at radius 3 is 2.41 bits per heavy atom. The maximum atomic E-state index is 11.2. The van der Waals surface area contributed by atoms with E-state index in [0.29, 0.717) is 18.1 Å². The van der Waals surface area contributed by atoms with Crippen LogP contribution in [0, 0.1) is 0 Å². The first-order chi connectivity index (χ1) is 8.26. The number of hydrogen-bond donors (Lipinski definition) is 2. The van der Waals surface area contributed by atoms with Gasteiger partial charge < -0.3 is 10.6 Å². The molecule has 0 fully saturated rings. The van der Waals surface area contributed by atoms with Crippen molar-refractivity contribution in [3.63, 3.8) is 0 Å². The van der Waals surface area contributed by atoms with Crippen molar-refractivity contribution in [2.24, 2.45) is 0 Å². The van der Waals surface area contributed by atoms with E-state index in [1.807, 2.05) is 13.0 Å². The largest absolute Gasteiger partial charge is 0.370 e. The fourth-order valence-corrected chi connectivity index (χ4v) is 1.86. The first-order valence-electron chi connectivity index (χ1n) is 5.91. The van der Waals surface area contributed by atoms with E-state index >= 15 is 0 Å². The molecule has 0 saturated carbocycles. The van der Waals surface area contributed by atoms with Crippen molar-refractivity contribution in [3.05, 3.63) is 12.4 Å². The molecule has 1 aromatic heterocycles. The molecule has 0 saturated heterocycles. The minimum atomic E-state index is -0.732. The second-order valence-electron chi connectivity index (χ2n) is 3.57. The summed E-state index contributed by atoms with van der Waals surface area (Å²) >= 11 is 0. The van der Waals surface area contributed by atoms with E-state index in [9.17, 15) is 4.21 Å². The number of rotatable bonds is 8. The van der Waals surface area contributed by atoms with Gasteiger partial charge in [-0.15, -0.1) is 0 Å². The van der Waals surface area contributed by atoms with Crippen molar-refractivity contribution in [1.82, 2.24) is 9.97 Å². The minimum absolute atomic E-state index is 0.651. The van der Waals surface area contributed by atoms with Crippen LogP contribution < -0.4 is 10.6 Å². The Morgan fingerprint density at radius 2 is 1.82 bits per heavy atom. The van der Waals surface area contributed by atoms with Gasteiger partial charge in [0.15, 0.2) is 0 Å². The average molecular weight is 256 g/mol. The fourth-order valence-electron chi connectivity index (χ4n) is 1.24. The summed E-state index contributed by atoms with van der Waals surface area (Å²) in [5.74, 6) is 2.94. The van der Waals surface area contributed by atoms with Gasteiger partial charge in [-0.05, 0) is 6.42 Å². The number of aromatic nitrogens is 2. The van der Waals surface area contributed by atoms with Crippen LogP contribution in [0.25, 0.3) is 0 Å². The van der Waals surface area contributed by atoms with Gasteiger partial charge in [0.2, 0.25) is 0 Å². The van der Waals surface area contributed by atoms with Crippen molar-refractivity contribution in [2.75, 3.05) is 35.2 Å². The molecule has 0 aromatic carbocycles. The summed E-state index contributed by atoms with van der Waals surface area (Å²) in [7, 11) is -0.732. The molecule has 17 heavy (non-hydrogen) atoms. The van der Waals surface area contributed by atoms with Gasteiger partial charge in [0, 0.05) is 41.5 Å². The predicted octanol–water partition coefficient (Wildman–Crippen LogP) is 1.48. The van der Waals surface area contributed by atoms with Gasteiger partial charge in [0.1, 0.15) is 18.0 Å². The van der Waals surface area contributed by atoms with Gasteiger partial charge in [-0.25, -0.2) is 9.97 Å². The molecule has 0 aliphatic rings. The Labute approximate surface area is 105 Å². The zero-order valence-corrected chi connectivity index (χ0v) is 11.2. The third-order valence-corrected chi connectivity index (χ3v) is 3.48. The SMILES string of the molecule is CCCNc1cc(NCCS(=O)CC)ncn1. The highest BCUT2D eigenvalue weighted by atomic mass is 32.2. The quantitative estimate of drug-likeness (QED) is 0.737. The summed E-state index contributed by atoms with van der Waals surface area (Å²) in [5.41, 5.74) is 0. The highest BCUT2D eigenvalue weighted by Crippen LogP contribution is 2.07. The van der Waals surface area contributed by atoms with E-state index in [1.165, 1.54) is 6.33 Å². The summed E-state index contributed by atoms with van der Waals surface area (Å²) in [6.45, 7) is 5.60. The normalized spacial score (nSPS) is 12.1. The van der Waals surface area contributed by atoms with Crippen molar-refractivity contribution in [1.29, 1.82) is 0 Å². The molecule has 1 aromatic rings. The summed E-state index contributed by atoms with van der Waals surface area (Å²) in [5, 5.41) is 6.34. The lowest BCUT2D eigenvalue weighted by Crippen LogP contribution is -2.13. The van der Waals surface area contributed by atoms with Crippen LogP contribution in [0.1, 0.15) is 20.3 Å². The monoisotopic (exact) mass is 256 g/mol. The molecule has 6 heteroatoms. The van der Waals surface area contributed by atoms with Crippen LogP contribution >= 0.6 is 0 Å². The van der Waals surface area contributed by atoms with Gasteiger partial charge in [-0.3, -0.25) is 4.21 Å². The lowest BCUT2D eigenvalue weighted by Gasteiger charge is -2.07. The van der Waals surface area contributed by atoms with Crippen LogP contribution in [0.4, 0.5) is 11.6 Å². The Balaban J connectivity index is 2.40. The Morgan fingerprint density at radius 1 is 1.18 bits per heavy atom. The molecule has 1 unspecified atom stereocenters. The van der Waals surface area contributed by atoms with Gasteiger partial charge >= 0.3 is 0 Å².